The van der Waals surface area contributed by atoms with E-state index in [2.05, 4.69) is 60.2 Å². The number of aryl methyl sites for hydroxylation is 2. The van der Waals surface area contributed by atoms with E-state index < -0.39 is 0 Å². The van der Waals surface area contributed by atoms with Crippen LogP contribution in [-0.4, -0.2) is 38.0 Å². The van der Waals surface area contributed by atoms with Gasteiger partial charge in [-0.2, -0.15) is 0 Å². The van der Waals surface area contributed by atoms with Gasteiger partial charge in [0.25, 0.3) is 0 Å². The summed E-state index contributed by atoms with van der Waals surface area (Å²) in [5.41, 5.74) is 3.51. The van der Waals surface area contributed by atoms with Gasteiger partial charge in [-0.15, -0.1) is 11.3 Å². The summed E-state index contributed by atoms with van der Waals surface area (Å²) in [5.74, 6) is 0. The van der Waals surface area contributed by atoms with E-state index >= 15 is 0 Å². The first-order valence-corrected chi connectivity index (χ1v) is 9.99. The number of thiocarbonyl (C=S) groups is 1. The maximum absolute atomic E-state index is 5.52. The number of quaternary nitrogens is 1. The third-order valence-corrected chi connectivity index (χ3v) is 5.69. The minimum absolute atomic E-state index is 0.405. The molecule has 4 nitrogen and oxygen atoms in total. The molecule has 2 aromatic rings. The van der Waals surface area contributed by atoms with Crippen LogP contribution in [-0.2, 0) is 4.74 Å². The minimum atomic E-state index is 0.405. The van der Waals surface area contributed by atoms with Crippen LogP contribution >= 0.6 is 23.6 Å². The first kappa shape index (κ1) is 18.3. The molecule has 2 heterocycles. The van der Waals surface area contributed by atoms with Crippen molar-refractivity contribution in [3.05, 3.63) is 51.7 Å². The quantitative estimate of drug-likeness (QED) is 0.700. The molecule has 0 unspecified atom stereocenters. The number of hydrogen-bond acceptors (Lipinski definition) is 3. The molecule has 0 aliphatic carbocycles. The predicted octanol–water partition coefficient (Wildman–Crippen LogP) is 2.31. The standard InChI is InChI=1S/C19H25N3OS2/c1-14-10-15(2)12-16(11-14)21-19(24)20-13-17(18-4-3-9-25-18)22-5-7-23-8-6-22/h3-4,9-12,17H,5-8,13H2,1-2H3,(H2,20,21,24)/p+1/t17-/m0/s1. The normalized spacial score (nSPS) is 16.4. The highest BCUT2D eigenvalue weighted by atomic mass is 32.1. The van der Waals surface area contributed by atoms with Gasteiger partial charge in [0.15, 0.2) is 5.11 Å². The summed E-state index contributed by atoms with van der Waals surface area (Å²) >= 11 is 7.34. The summed E-state index contributed by atoms with van der Waals surface area (Å²) in [6.07, 6.45) is 0. The van der Waals surface area contributed by atoms with E-state index in [9.17, 15) is 0 Å². The molecule has 0 radical (unpaired) electrons. The Balaban J connectivity index is 1.61. The molecule has 1 aromatic carbocycles. The Labute approximate surface area is 159 Å². The molecule has 1 saturated heterocycles. The SMILES string of the molecule is Cc1cc(C)cc(NC(=S)NC[C@@H](c2cccs2)[NH+]2CCOCC2)c1. The zero-order chi connectivity index (χ0) is 17.6. The number of morpholine rings is 1. The molecule has 0 amide bonds. The van der Waals surface area contributed by atoms with Gasteiger partial charge in [-0.05, 0) is 60.8 Å². The van der Waals surface area contributed by atoms with Crippen LogP contribution in [0.15, 0.2) is 35.7 Å². The van der Waals surface area contributed by atoms with Crippen molar-refractivity contribution < 1.29 is 9.64 Å². The summed E-state index contributed by atoms with van der Waals surface area (Å²) in [7, 11) is 0. The second-order valence-electron chi connectivity index (χ2n) is 6.55. The van der Waals surface area contributed by atoms with Gasteiger partial charge in [0.05, 0.1) is 24.6 Å². The second kappa shape index (κ2) is 8.76. The molecule has 134 valence electrons. The topological polar surface area (TPSA) is 37.7 Å². The van der Waals surface area contributed by atoms with Crippen molar-refractivity contribution in [3.8, 4) is 0 Å². The molecule has 6 heteroatoms. The zero-order valence-corrected chi connectivity index (χ0v) is 16.4. The molecule has 0 bridgehead atoms. The van der Waals surface area contributed by atoms with E-state index in [4.69, 9.17) is 17.0 Å². The summed E-state index contributed by atoms with van der Waals surface area (Å²) in [4.78, 5) is 2.97. The number of anilines is 1. The van der Waals surface area contributed by atoms with Gasteiger partial charge in [-0.3, -0.25) is 0 Å². The summed E-state index contributed by atoms with van der Waals surface area (Å²) in [5, 5.41) is 9.56. The minimum Gasteiger partial charge on any atom is -0.370 e. The van der Waals surface area contributed by atoms with Gasteiger partial charge in [0.2, 0.25) is 0 Å². The number of thiophene rings is 1. The highest BCUT2D eigenvalue weighted by Crippen LogP contribution is 2.17. The van der Waals surface area contributed by atoms with E-state index in [0.717, 1.165) is 38.5 Å². The number of benzene rings is 1. The Morgan fingerprint density at radius 3 is 2.60 bits per heavy atom. The average Bonchev–Trinajstić information content (AvgIpc) is 3.09. The smallest absolute Gasteiger partial charge is 0.171 e. The van der Waals surface area contributed by atoms with Crippen LogP contribution in [0.3, 0.4) is 0 Å². The average molecular weight is 377 g/mol. The monoisotopic (exact) mass is 376 g/mol. The van der Waals surface area contributed by atoms with E-state index in [1.807, 2.05) is 11.3 Å². The van der Waals surface area contributed by atoms with Crippen molar-refractivity contribution in [2.24, 2.45) is 0 Å². The lowest BCUT2D eigenvalue weighted by molar-refractivity contribution is -0.937. The number of ether oxygens (including phenoxy) is 1. The first-order valence-electron chi connectivity index (χ1n) is 8.70. The Bertz CT molecular complexity index is 676. The molecule has 1 fully saturated rings. The molecule has 25 heavy (non-hydrogen) atoms. The van der Waals surface area contributed by atoms with Crippen LogP contribution in [0.4, 0.5) is 5.69 Å². The summed E-state index contributed by atoms with van der Waals surface area (Å²) in [6, 6.07) is 11.1. The third-order valence-electron chi connectivity index (χ3n) is 4.46. The van der Waals surface area contributed by atoms with Crippen molar-refractivity contribution >= 4 is 34.4 Å². The summed E-state index contributed by atoms with van der Waals surface area (Å²) < 4.78 is 5.52. The number of nitrogens with one attached hydrogen (secondary N) is 3. The van der Waals surface area contributed by atoms with Crippen LogP contribution in [0.25, 0.3) is 0 Å². The van der Waals surface area contributed by atoms with Crippen molar-refractivity contribution in [1.82, 2.24) is 5.32 Å². The lowest BCUT2D eigenvalue weighted by Gasteiger charge is -2.31. The van der Waals surface area contributed by atoms with Gasteiger partial charge in [0.1, 0.15) is 19.1 Å². The van der Waals surface area contributed by atoms with Crippen LogP contribution in [0.2, 0.25) is 0 Å². The van der Waals surface area contributed by atoms with Crippen molar-refractivity contribution in [1.29, 1.82) is 0 Å². The molecule has 3 N–H and O–H groups in total. The van der Waals surface area contributed by atoms with Gasteiger partial charge < -0.3 is 20.3 Å². The fraction of sp³-hybridized carbons (Fsp3) is 0.421. The van der Waals surface area contributed by atoms with Gasteiger partial charge in [0, 0.05) is 5.69 Å². The van der Waals surface area contributed by atoms with E-state index in [-0.39, 0.29) is 0 Å². The number of rotatable bonds is 5. The molecule has 1 aliphatic rings. The van der Waals surface area contributed by atoms with Gasteiger partial charge in [-0.1, -0.05) is 12.1 Å². The highest BCUT2D eigenvalue weighted by Gasteiger charge is 2.27. The lowest BCUT2D eigenvalue weighted by atomic mass is 10.1. The van der Waals surface area contributed by atoms with Crippen LogP contribution in [0.1, 0.15) is 22.0 Å². The maximum atomic E-state index is 5.52. The van der Waals surface area contributed by atoms with Crippen molar-refractivity contribution in [2.75, 3.05) is 38.2 Å². The Morgan fingerprint density at radius 1 is 1.24 bits per heavy atom. The zero-order valence-electron chi connectivity index (χ0n) is 14.8. The Morgan fingerprint density at radius 2 is 1.96 bits per heavy atom. The summed E-state index contributed by atoms with van der Waals surface area (Å²) in [6.45, 7) is 8.78. The Kier molecular flexibility index (Phi) is 6.42. The fourth-order valence-corrected chi connectivity index (χ4v) is 4.42. The molecular weight excluding hydrogens is 350 g/mol. The molecular formula is C19H26N3OS2+. The van der Waals surface area contributed by atoms with Crippen molar-refractivity contribution in [3.63, 3.8) is 0 Å². The molecule has 0 spiro atoms. The largest absolute Gasteiger partial charge is 0.370 e. The number of hydrogen-bond donors (Lipinski definition) is 3. The Hall–Kier alpha value is -1.47. The van der Waals surface area contributed by atoms with Gasteiger partial charge >= 0.3 is 0 Å². The molecule has 3 rings (SSSR count). The third kappa shape index (κ3) is 5.25. The van der Waals surface area contributed by atoms with Crippen molar-refractivity contribution in [2.45, 2.75) is 19.9 Å². The predicted molar refractivity (Wildman–Crippen MR) is 109 cm³/mol. The van der Waals surface area contributed by atoms with Crippen LogP contribution in [0.5, 0.6) is 0 Å². The van der Waals surface area contributed by atoms with Crippen LogP contribution in [0, 0.1) is 13.8 Å². The maximum Gasteiger partial charge on any atom is 0.171 e. The van der Waals surface area contributed by atoms with E-state index in [1.54, 1.807) is 4.90 Å². The molecule has 0 saturated carbocycles. The van der Waals surface area contributed by atoms with Gasteiger partial charge in [-0.25, -0.2) is 0 Å². The molecule has 1 aliphatic heterocycles. The second-order valence-corrected chi connectivity index (χ2v) is 7.94. The van der Waals surface area contributed by atoms with Crippen LogP contribution < -0.4 is 15.5 Å². The highest BCUT2D eigenvalue weighted by molar-refractivity contribution is 7.80. The van der Waals surface area contributed by atoms with E-state index in [1.165, 1.54) is 16.0 Å². The van der Waals surface area contributed by atoms with E-state index in [0.29, 0.717) is 11.2 Å². The lowest BCUT2D eigenvalue weighted by Crippen LogP contribution is -3.15. The molecule has 1 atom stereocenters. The first-order chi connectivity index (χ1) is 12.1. The molecule has 1 aromatic heterocycles. The fourth-order valence-electron chi connectivity index (χ4n) is 3.33.